The molecular formula is C19H24ClNO3. The minimum absolute atomic E-state index is 0. The Kier molecular flexibility index (Phi) is 7.72. The first-order valence-corrected chi connectivity index (χ1v) is 7.77. The average molecular weight is 350 g/mol. The fraction of sp³-hybridized carbons (Fsp3) is 0.368. The maximum Gasteiger partial charge on any atom is 0.339 e. The lowest BCUT2D eigenvalue weighted by atomic mass is 9.87. The number of ether oxygens (including phenoxy) is 2. The number of esters is 1. The van der Waals surface area contributed by atoms with Crippen LogP contribution in [0.25, 0.3) is 0 Å². The molecule has 24 heavy (non-hydrogen) atoms. The Balaban J connectivity index is 0.00000288. The largest absolute Gasteiger partial charge is 0.493 e. The molecule has 0 N–H and O–H groups in total. The highest BCUT2D eigenvalue weighted by atomic mass is 35.5. The van der Waals surface area contributed by atoms with Crippen LogP contribution in [0.1, 0.15) is 43.1 Å². The van der Waals surface area contributed by atoms with E-state index >= 15 is 0 Å². The second kappa shape index (κ2) is 9.28. The van der Waals surface area contributed by atoms with Crippen molar-refractivity contribution >= 4 is 18.4 Å². The zero-order chi connectivity index (χ0) is 16.7. The molecule has 1 heterocycles. The van der Waals surface area contributed by atoms with Gasteiger partial charge in [0.25, 0.3) is 0 Å². The fourth-order valence-corrected chi connectivity index (χ4v) is 2.03. The normalized spacial score (nSPS) is 10.6. The van der Waals surface area contributed by atoms with Gasteiger partial charge in [0.05, 0.1) is 18.8 Å². The molecule has 0 fully saturated rings. The summed E-state index contributed by atoms with van der Waals surface area (Å²) in [5, 5.41) is 0. The van der Waals surface area contributed by atoms with Gasteiger partial charge in [-0.1, -0.05) is 32.9 Å². The second-order valence-corrected chi connectivity index (χ2v) is 6.35. The van der Waals surface area contributed by atoms with Crippen LogP contribution in [0.3, 0.4) is 0 Å². The summed E-state index contributed by atoms with van der Waals surface area (Å²) in [5.41, 5.74) is 1.88. The Morgan fingerprint density at radius 3 is 2.38 bits per heavy atom. The number of aromatic nitrogens is 1. The highest BCUT2D eigenvalue weighted by Gasteiger charge is 2.12. The third-order valence-corrected chi connectivity index (χ3v) is 3.41. The number of hydrogen-bond donors (Lipinski definition) is 0. The minimum Gasteiger partial charge on any atom is -0.493 e. The Bertz CT molecular complexity index is 621. The summed E-state index contributed by atoms with van der Waals surface area (Å²) in [4.78, 5) is 15.6. The molecular weight excluding hydrogens is 326 g/mol. The summed E-state index contributed by atoms with van der Waals surface area (Å²) >= 11 is 0. The topological polar surface area (TPSA) is 48.4 Å². The van der Waals surface area contributed by atoms with E-state index in [1.54, 1.807) is 18.3 Å². The van der Waals surface area contributed by atoms with Crippen LogP contribution in [-0.4, -0.2) is 24.2 Å². The van der Waals surface area contributed by atoms with Crippen LogP contribution in [0.5, 0.6) is 5.75 Å². The molecule has 0 aliphatic carbocycles. The van der Waals surface area contributed by atoms with Crippen LogP contribution in [-0.2, 0) is 10.2 Å². The smallest absolute Gasteiger partial charge is 0.339 e. The summed E-state index contributed by atoms with van der Waals surface area (Å²) in [7, 11) is 0. The summed E-state index contributed by atoms with van der Waals surface area (Å²) in [6.45, 7) is 7.38. The van der Waals surface area contributed by atoms with Crippen molar-refractivity contribution in [2.45, 2.75) is 32.6 Å². The number of halogens is 1. The average Bonchev–Trinajstić information content (AvgIpc) is 2.55. The van der Waals surface area contributed by atoms with Gasteiger partial charge in [-0.05, 0) is 35.2 Å². The van der Waals surface area contributed by atoms with Crippen molar-refractivity contribution in [3.8, 4) is 5.75 Å². The van der Waals surface area contributed by atoms with E-state index in [2.05, 4.69) is 37.9 Å². The van der Waals surface area contributed by atoms with E-state index in [0.29, 0.717) is 25.2 Å². The lowest BCUT2D eigenvalue weighted by Crippen LogP contribution is -2.11. The summed E-state index contributed by atoms with van der Waals surface area (Å²) < 4.78 is 10.8. The summed E-state index contributed by atoms with van der Waals surface area (Å²) in [5.74, 6) is 0.476. The van der Waals surface area contributed by atoms with Crippen molar-refractivity contribution in [2.75, 3.05) is 13.2 Å². The van der Waals surface area contributed by atoms with Gasteiger partial charge in [0.2, 0.25) is 0 Å². The van der Waals surface area contributed by atoms with E-state index in [4.69, 9.17) is 9.47 Å². The Morgan fingerprint density at radius 2 is 1.79 bits per heavy atom. The molecule has 0 saturated heterocycles. The molecule has 5 heteroatoms. The number of rotatable bonds is 6. The Labute approximate surface area is 149 Å². The molecule has 2 aromatic rings. The number of carbonyl (C=O) groups is 1. The number of carbonyl (C=O) groups excluding carboxylic acids is 1. The van der Waals surface area contributed by atoms with Crippen molar-refractivity contribution in [2.24, 2.45) is 0 Å². The van der Waals surface area contributed by atoms with Crippen molar-refractivity contribution < 1.29 is 14.3 Å². The predicted molar refractivity (Wildman–Crippen MR) is 97.0 cm³/mol. The van der Waals surface area contributed by atoms with Gasteiger partial charge in [-0.25, -0.2) is 4.79 Å². The Hall–Kier alpha value is -2.07. The van der Waals surface area contributed by atoms with Gasteiger partial charge >= 0.3 is 5.97 Å². The molecule has 2 rings (SSSR count). The van der Waals surface area contributed by atoms with Crippen LogP contribution < -0.4 is 4.74 Å². The van der Waals surface area contributed by atoms with Crippen molar-refractivity contribution in [1.82, 2.24) is 4.98 Å². The van der Waals surface area contributed by atoms with Crippen LogP contribution in [0.4, 0.5) is 0 Å². The zero-order valence-corrected chi connectivity index (χ0v) is 15.1. The molecule has 4 nitrogen and oxygen atoms in total. The first-order valence-electron chi connectivity index (χ1n) is 7.77. The van der Waals surface area contributed by atoms with Gasteiger partial charge in [-0.15, -0.1) is 12.4 Å². The highest BCUT2D eigenvalue weighted by Crippen LogP contribution is 2.24. The maximum atomic E-state index is 11.7. The second-order valence-electron chi connectivity index (χ2n) is 6.35. The standard InChI is InChI=1S/C19H23NO3.ClH/c1-19(2,3)16-7-9-17(10-8-16)22-12-5-13-23-18(21)15-6-4-11-20-14-15;/h4,6-11,14H,5,12-13H2,1-3H3;1H. The first-order chi connectivity index (χ1) is 11.0. The van der Waals surface area contributed by atoms with E-state index in [0.717, 1.165) is 5.75 Å². The van der Waals surface area contributed by atoms with Gasteiger partial charge in [0.1, 0.15) is 5.75 Å². The third-order valence-electron chi connectivity index (χ3n) is 3.41. The highest BCUT2D eigenvalue weighted by molar-refractivity contribution is 5.88. The summed E-state index contributed by atoms with van der Waals surface area (Å²) in [6.07, 6.45) is 3.76. The van der Waals surface area contributed by atoms with Gasteiger partial charge < -0.3 is 9.47 Å². The molecule has 0 aliphatic rings. The minimum atomic E-state index is -0.354. The lowest BCUT2D eigenvalue weighted by molar-refractivity contribution is 0.0485. The molecule has 0 bridgehead atoms. The quantitative estimate of drug-likeness (QED) is 0.572. The van der Waals surface area contributed by atoms with Crippen molar-refractivity contribution in [3.63, 3.8) is 0 Å². The van der Waals surface area contributed by atoms with E-state index < -0.39 is 0 Å². The number of benzene rings is 1. The number of nitrogens with zero attached hydrogens (tertiary/aromatic N) is 1. The van der Waals surface area contributed by atoms with Gasteiger partial charge in [0.15, 0.2) is 0 Å². The van der Waals surface area contributed by atoms with Crippen molar-refractivity contribution in [3.05, 3.63) is 59.9 Å². The van der Waals surface area contributed by atoms with Crippen LogP contribution in [0, 0.1) is 0 Å². The number of hydrogen-bond acceptors (Lipinski definition) is 4. The molecule has 0 saturated carbocycles. The van der Waals surface area contributed by atoms with E-state index in [-0.39, 0.29) is 23.8 Å². The van der Waals surface area contributed by atoms with Gasteiger partial charge in [0, 0.05) is 18.8 Å². The van der Waals surface area contributed by atoms with Crippen molar-refractivity contribution in [1.29, 1.82) is 0 Å². The summed E-state index contributed by atoms with van der Waals surface area (Å²) in [6, 6.07) is 11.5. The fourth-order valence-electron chi connectivity index (χ4n) is 2.03. The van der Waals surface area contributed by atoms with E-state index in [9.17, 15) is 4.79 Å². The van der Waals surface area contributed by atoms with Crippen LogP contribution in [0.15, 0.2) is 48.8 Å². The lowest BCUT2D eigenvalue weighted by Gasteiger charge is -2.19. The van der Waals surface area contributed by atoms with E-state index in [1.807, 2.05) is 12.1 Å². The monoisotopic (exact) mass is 349 g/mol. The molecule has 0 aliphatic heterocycles. The molecule has 1 aromatic heterocycles. The zero-order valence-electron chi connectivity index (χ0n) is 14.3. The molecule has 0 unspecified atom stereocenters. The molecule has 0 amide bonds. The maximum absolute atomic E-state index is 11.7. The number of pyridine rings is 1. The first kappa shape index (κ1) is 20.0. The van der Waals surface area contributed by atoms with E-state index in [1.165, 1.54) is 11.8 Å². The molecule has 130 valence electrons. The van der Waals surface area contributed by atoms with Crippen LogP contribution in [0.2, 0.25) is 0 Å². The molecule has 1 aromatic carbocycles. The van der Waals surface area contributed by atoms with Gasteiger partial charge in [-0.2, -0.15) is 0 Å². The molecule has 0 spiro atoms. The predicted octanol–water partition coefficient (Wildman–Crippen LogP) is 4.43. The SMILES string of the molecule is CC(C)(C)c1ccc(OCCCOC(=O)c2cccnc2)cc1.Cl. The molecule has 0 radical (unpaired) electrons. The molecule has 0 atom stereocenters. The van der Waals surface area contributed by atoms with Crippen LogP contribution >= 0.6 is 12.4 Å². The Morgan fingerprint density at radius 1 is 1.08 bits per heavy atom. The third kappa shape index (κ3) is 6.20. The van der Waals surface area contributed by atoms with Gasteiger partial charge in [-0.3, -0.25) is 4.98 Å².